The molecule has 1 aromatic heterocycles. The van der Waals surface area contributed by atoms with Gasteiger partial charge in [-0.2, -0.15) is 0 Å². The van der Waals surface area contributed by atoms with Gasteiger partial charge in [0.1, 0.15) is 0 Å². The fourth-order valence-corrected chi connectivity index (χ4v) is 4.20. The Hall–Kier alpha value is -3.71. The first kappa shape index (κ1) is 24.9. The number of hydrogen-bond acceptors (Lipinski definition) is 5. The van der Waals surface area contributed by atoms with E-state index < -0.39 is 5.97 Å². The third-order valence-electron chi connectivity index (χ3n) is 6.04. The number of aromatic nitrogens is 1. The molecule has 2 aromatic carbocycles. The second-order valence-electron chi connectivity index (χ2n) is 8.00. The number of nitrogens with one attached hydrogen (secondary N) is 1. The summed E-state index contributed by atoms with van der Waals surface area (Å²) in [6.45, 7) is 9.12. The summed E-state index contributed by atoms with van der Waals surface area (Å²) in [5.41, 5.74) is 5.87. The van der Waals surface area contributed by atoms with Crippen LogP contribution in [0.1, 0.15) is 44.0 Å². The van der Waals surface area contributed by atoms with Crippen molar-refractivity contribution in [3.8, 4) is 17.2 Å². The summed E-state index contributed by atoms with van der Waals surface area (Å²) in [4.78, 5) is 12.1. The van der Waals surface area contributed by atoms with Crippen LogP contribution in [0.15, 0.2) is 43.0 Å². The van der Waals surface area contributed by atoms with E-state index in [2.05, 4.69) is 16.5 Å². The zero-order chi connectivity index (χ0) is 24.8. The molecule has 1 heterocycles. The Bertz CT molecular complexity index is 1150. The topological polar surface area (TPSA) is 82.0 Å². The molecular formula is C27H32N2O5. The molecule has 0 saturated carbocycles. The Morgan fingerprint density at radius 1 is 0.971 bits per heavy atom. The average molecular weight is 465 g/mol. The molecule has 0 saturated heterocycles. The lowest BCUT2D eigenvalue weighted by Gasteiger charge is -2.14. The first-order chi connectivity index (χ1) is 16.3. The van der Waals surface area contributed by atoms with E-state index in [9.17, 15) is 9.90 Å². The molecule has 2 N–H and O–H groups in total. The first-order valence-corrected chi connectivity index (χ1v) is 11.0. The van der Waals surface area contributed by atoms with Crippen LogP contribution in [0.25, 0.3) is 6.08 Å². The van der Waals surface area contributed by atoms with Gasteiger partial charge >= 0.3 is 5.97 Å². The fraction of sp³-hybridized carbons (Fsp3) is 0.296. The third-order valence-corrected chi connectivity index (χ3v) is 6.04. The lowest BCUT2D eigenvalue weighted by atomic mass is 10.1. The highest BCUT2D eigenvalue weighted by Crippen LogP contribution is 2.38. The second-order valence-corrected chi connectivity index (χ2v) is 8.00. The minimum atomic E-state index is -0.925. The predicted molar refractivity (Wildman–Crippen MR) is 133 cm³/mol. The van der Waals surface area contributed by atoms with Crippen LogP contribution < -0.4 is 19.5 Å². The lowest BCUT2D eigenvalue weighted by Crippen LogP contribution is -2.16. The molecule has 0 spiro atoms. The molecule has 0 atom stereocenters. The van der Waals surface area contributed by atoms with Gasteiger partial charge in [0.15, 0.2) is 11.5 Å². The molecule has 0 bridgehead atoms. The Morgan fingerprint density at radius 3 is 2.09 bits per heavy atom. The Kier molecular flexibility index (Phi) is 8.02. The van der Waals surface area contributed by atoms with Crippen molar-refractivity contribution >= 4 is 12.0 Å². The van der Waals surface area contributed by atoms with Crippen molar-refractivity contribution in [2.24, 2.45) is 0 Å². The Balaban J connectivity index is 1.84. The van der Waals surface area contributed by atoms with Crippen molar-refractivity contribution in [3.63, 3.8) is 0 Å². The molecule has 0 radical (unpaired) electrons. The van der Waals surface area contributed by atoms with E-state index in [-0.39, 0.29) is 0 Å². The van der Waals surface area contributed by atoms with Crippen LogP contribution in [0.4, 0.5) is 0 Å². The molecule has 7 nitrogen and oxygen atoms in total. The standard InChI is InChI=1S/C27H32N2O5/c1-7-19-8-10-20(11-9-19)16-29-17(2)22(25(18(29)3)27(30)31)15-28-14-21-12-23(32-4)26(34-6)24(13-21)33-5/h7-13,28H,1,14-16H2,2-6H3,(H,30,31). The summed E-state index contributed by atoms with van der Waals surface area (Å²) in [6.07, 6.45) is 1.80. The van der Waals surface area contributed by atoms with Crippen LogP contribution in [0.3, 0.4) is 0 Å². The molecule has 7 heteroatoms. The SMILES string of the molecule is C=Cc1ccc(Cn2c(C)c(CNCc3cc(OC)c(OC)c(OC)c3)c(C(=O)O)c2C)cc1. The zero-order valence-corrected chi connectivity index (χ0v) is 20.4. The number of carboxylic acid groups (broad SMARTS) is 1. The van der Waals surface area contributed by atoms with Gasteiger partial charge in [0.2, 0.25) is 5.75 Å². The number of hydrogen-bond donors (Lipinski definition) is 2. The number of ether oxygens (including phenoxy) is 3. The van der Waals surface area contributed by atoms with Gasteiger partial charge in [-0.05, 0) is 42.7 Å². The summed E-state index contributed by atoms with van der Waals surface area (Å²) in [7, 11) is 4.72. The number of methoxy groups -OCH3 is 3. The summed E-state index contributed by atoms with van der Waals surface area (Å²) >= 11 is 0. The molecule has 0 unspecified atom stereocenters. The van der Waals surface area contributed by atoms with Crippen LogP contribution in [0.5, 0.6) is 17.2 Å². The quantitative estimate of drug-likeness (QED) is 0.424. The minimum absolute atomic E-state index is 0.345. The number of carboxylic acids is 1. The molecule has 0 amide bonds. The highest BCUT2D eigenvalue weighted by molar-refractivity contribution is 5.91. The van der Waals surface area contributed by atoms with Crippen molar-refractivity contribution in [1.82, 2.24) is 9.88 Å². The van der Waals surface area contributed by atoms with Crippen LogP contribution in [0.2, 0.25) is 0 Å². The third kappa shape index (κ3) is 5.10. The minimum Gasteiger partial charge on any atom is -0.493 e. The summed E-state index contributed by atoms with van der Waals surface area (Å²) < 4.78 is 18.3. The number of nitrogens with zero attached hydrogens (tertiary/aromatic N) is 1. The van der Waals surface area contributed by atoms with Crippen molar-refractivity contribution in [1.29, 1.82) is 0 Å². The summed E-state index contributed by atoms with van der Waals surface area (Å²) in [5.74, 6) is 0.758. The number of rotatable bonds is 11. The maximum atomic E-state index is 12.1. The van der Waals surface area contributed by atoms with Gasteiger partial charge in [-0.1, -0.05) is 36.9 Å². The summed E-state index contributed by atoms with van der Waals surface area (Å²) in [5, 5.41) is 13.3. The van der Waals surface area contributed by atoms with Crippen LogP contribution in [0, 0.1) is 13.8 Å². The molecule has 34 heavy (non-hydrogen) atoms. The van der Waals surface area contributed by atoms with E-state index >= 15 is 0 Å². The second kappa shape index (κ2) is 10.9. The van der Waals surface area contributed by atoms with Crippen molar-refractivity contribution in [2.45, 2.75) is 33.5 Å². The largest absolute Gasteiger partial charge is 0.493 e. The zero-order valence-electron chi connectivity index (χ0n) is 20.4. The Morgan fingerprint density at radius 2 is 1.59 bits per heavy atom. The number of benzene rings is 2. The van der Waals surface area contributed by atoms with Crippen LogP contribution >= 0.6 is 0 Å². The molecule has 0 fully saturated rings. The molecule has 3 rings (SSSR count). The maximum absolute atomic E-state index is 12.1. The highest BCUT2D eigenvalue weighted by atomic mass is 16.5. The Labute approximate surface area is 200 Å². The van der Waals surface area contributed by atoms with Gasteiger partial charge in [0.05, 0.1) is 26.9 Å². The van der Waals surface area contributed by atoms with E-state index in [4.69, 9.17) is 14.2 Å². The van der Waals surface area contributed by atoms with Crippen LogP contribution in [-0.4, -0.2) is 37.0 Å². The van der Waals surface area contributed by atoms with Gasteiger partial charge < -0.3 is 29.2 Å². The number of aromatic carboxylic acids is 1. The van der Waals surface area contributed by atoms with Crippen LogP contribution in [-0.2, 0) is 19.6 Å². The lowest BCUT2D eigenvalue weighted by molar-refractivity contribution is 0.0694. The average Bonchev–Trinajstić information content (AvgIpc) is 3.08. The molecule has 180 valence electrons. The molecular weight excluding hydrogens is 432 g/mol. The van der Waals surface area contributed by atoms with Crippen molar-refractivity contribution < 1.29 is 24.1 Å². The van der Waals surface area contributed by atoms with Gasteiger partial charge in [-0.25, -0.2) is 4.79 Å². The van der Waals surface area contributed by atoms with E-state index in [1.165, 1.54) is 0 Å². The molecule has 0 aliphatic heterocycles. The normalized spacial score (nSPS) is 10.7. The highest BCUT2D eigenvalue weighted by Gasteiger charge is 2.22. The van der Waals surface area contributed by atoms with Gasteiger partial charge in [0, 0.05) is 36.6 Å². The van der Waals surface area contributed by atoms with E-state index in [0.29, 0.717) is 42.4 Å². The van der Waals surface area contributed by atoms with Crippen molar-refractivity contribution in [3.05, 3.63) is 82.2 Å². The monoisotopic (exact) mass is 464 g/mol. The fourth-order valence-electron chi connectivity index (χ4n) is 4.20. The van der Waals surface area contributed by atoms with E-state index in [1.807, 2.05) is 50.2 Å². The van der Waals surface area contributed by atoms with Gasteiger partial charge in [-0.15, -0.1) is 0 Å². The van der Waals surface area contributed by atoms with E-state index in [0.717, 1.165) is 33.6 Å². The smallest absolute Gasteiger partial charge is 0.337 e. The molecule has 0 aliphatic carbocycles. The van der Waals surface area contributed by atoms with Gasteiger partial charge in [-0.3, -0.25) is 0 Å². The van der Waals surface area contributed by atoms with E-state index in [1.54, 1.807) is 27.4 Å². The first-order valence-electron chi connectivity index (χ1n) is 11.0. The maximum Gasteiger partial charge on any atom is 0.337 e. The predicted octanol–water partition coefficient (Wildman–Crippen LogP) is 4.81. The molecule has 3 aromatic rings. The summed E-state index contributed by atoms with van der Waals surface area (Å²) in [6, 6.07) is 11.9. The number of carbonyl (C=O) groups is 1. The van der Waals surface area contributed by atoms with Gasteiger partial charge in [0.25, 0.3) is 0 Å². The van der Waals surface area contributed by atoms with Crippen molar-refractivity contribution in [2.75, 3.05) is 21.3 Å². The molecule has 0 aliphatic rings.